The number of nitrogens with zero attached hydrogens (tertiary/aromatic N) is 5. The Morgan fingerprint density at radius 1 is 1.36 bits per heavy atom. The van der Waals surface area contributed by atoms with Gasteiger partial charge in [-0.25, -0.2) is 9.48 Å². The predicted octanol–water partition coefficient (Wildman–Crippen LogP) is 1.40. The molecule has 3 rings (SSSR count). The minimum Gasteiger partial charge on any atom is -0.462 e. The molecule has 0 unspecified atom stereocenters. The Hall–Kier alpha value is -2.96. The summed E-state index contributed by atoms with van der Waals surface area (Å²) >= 11 is 0. The maximum Gasteiger partial charge on any atom is 0.338 e. The molecular weight excluding hydrogens is 282 g/mol. The van der Waals surface area contributed by atoms with E-state index in [1.165, 1.54) is 0 Å². The normalized spacial score (nSPS) is 10.6. The zero-order valence-corrected chi connectivity index (χ0v) is 12.1. The minimum atomic E-state index is -0.356. The first-order chi connectivity index (χ1) is 10.7. The first-order valence-electron chi connectivity index (χ1n) is 6.84. The minimum absolute atomic E-state index is 0.318. The summed E-state index contributed by atoms with van der Waals surface area (Å²) in [4.78, 5) is 12.1. The van der Waals surface area contributed by atoms with Gasteiger partial charge in [0.25, 0.3) is 0 Å². The third-order valence-corrected chi connectivity index (χ3v) is 3.15. The van der Waals surface area contributed by atoms with Crippen LogP contribution in [0, 0.1) is 0 Å². The lowest BCUT2D eigenvalue weighted by atomic mass is 10.2. The van der Waals surface area contributed by atoms with E-state index in [9.17, 15) is 4.79 Å². The highest BCUT2D eigenvalue weighted by molar-refractivity contribution is 5.90. The summed E-state index contributed by atoms with van der Waals surface area (Å²) in [5, 5.41) is 11.7. The number of carbonyl (C=O) groups is 1. The SMILES string of the molecule is Cn1cc(CCOC(=O)c2cccc(-n3ccnn3)c2)cn1. The molecule has 0 fully saturated rings. The summed E-state index contributed by atoms with van der Waals surface area (Å²) in [7, 11) is 1.85. The maximum absolute atomic E-state index is 12.1. The van der Waals surface area contributed by atoms with Crippen molar-refractivity contribution in [1.29, 1.82) is 0 Å². The molecule has 0 atom stereocenters. The van der Waals surface area contributed by atoms with Gasteiger partial charge in [-0.05, 0) is 23.8 Å². The summed E-state index contributed by atoms with van der Waals surface area (Å²) in [6, 6.07) is 7.07. The number of benzene rings is 1. The number of ether oxygens (including phenoxy) is 1. The first kappa shape index (κ1) is 14.0. The van der Waals surface area contributed by atoms with Gasteiger partial charge in [0.1, 0.15) is 0 Å². The van der Waals surface area contributed by atoms with Crippen LogP contribution in [-0.4, -0.2) is 37.4 Å². The second-order valence-corrected chi connectivity index (χ2v) is 4.81. The van der Waals surface area contributed by atoms with E-state index >= 15 is 0 Å². The molecule has 7 nitrogen and oxygen atoms in total. The summed E-state index contributed by atoms with van der Waals surface area (Å²) in [6.07, 6.45) is 7.60. The molecule has 0 saturated carbocycles. The Morgan fingerprint density at radius 3 is 3.00 bits per heavy atom. The van der Waals surface area contributed by atoms with Crippen LogP contribution in [0.3, 0.4) is 0 Å². The van der Waals surface area contributed by atoms with Crippen LogP contribution in [0.15, 0.2) is 49.1 Å². The highest BCUT2D eigenvalue weighted by Gasteiger charge is 2.09. The molecule has 1 aromatic carbocycles. The zero-order chi connectivity index (χ0) is 15.4. The highest BCUT2D eigenvalue weighted by Crippen LogP contribution is 2.10. The van der Waals surface area contributed by atoms with Crippen molar-refractivity contribution in [2.75, 3.05) is 6.61 Å². The van der Waals surface area contributed by atoms with Gasteiger partial charge in [0, 0.05) is 19.7 Å². The molecule has 0 bridgehead atoms. The quantitative estimate of drug-likeness (QED) is 0.665. The van der Waals surface area contributed by atoms with Crippen LogP contribution >= 0.6 is 0 Å². The molecule has 0 saturated heterocycles. The molecule has 112 valence electrons. The molecule has 2 aromatic heterocycles. The van der Waals surface area contributed by atoms with Gasteiger partial charge >= 0.3 is 5.97 Å². The van der Waals surface area contributed by atoms with Crippen LogP contribution < -0.4 is 0 Å². The monoisotopic (exact) mass is 297 g/mol. The Bertz CT molecular complexity index is 764. The van der Waals surface area contributed by atoms with Gasteiger partial charge in [-0.1, -0.05) is 11.3 Å². The molecule has 0 radical (unpaired) electrons. The van der Waals surface area contributed by atoms with Gasteiger partial charge in [0.2, 0.25) is 0 Å². The van der Waals surface area contributed by atoms with E-state index in [0.29, 0.717) is 18.6 Å². The standard InChI is InChI=1S/C15H15N5O2/c1-19-11-12(10-17-19)5-8-22-15(21)13-3-2-4-14(9-13)20-7-6-16-18-20/h2-4,6-7,9-11H,5,8H2,1H3. The Labute approximate surface area is 127 Å². The molecule has 7 heteroatoms. The fraction of sp³-hybridized carbons (Fsp3) is 0.200. The molecule has 0 aliphatic carbocycles. The van der Waals surface area contributed by atoms with Crippen molar-refractivity contribution in [2.45, 2.75) is 6.42 Å². The maximum atomic E-state index is 12.1. The van der Waals surface area contributed by atoms with Gasteiger partial charge in [0.15, 0.2) is 0 Å². The molecule has 0 amide bonds. The summed E-state index contributed by atoms with van der Waals surface area (Å²) < 4.78 is 8.60. The molecular formula is C15H15N5O2. The molecule has 2 heterocycles. The number of rotatable bonds is 5. The van der Waals surface area contributed by atoms with Crippen LogP contribution in [0.5, 0.6) is 0 Å². The highest BCUT2D eigenvalue weighted by atomic mass is 16.5. The van der Waals surface area contributed by atoms with Gasteiger partial charge < -0.3 is 4.74 Å². The number of esters is 1. The number of aryl methyl sites for hydroxylation is 1. The largest absolute Gasteiger partial charge is 0.462 e. The smallest absolute Gasteiger partial charge is 0.338 e. The number of hydrogen-bond acceptors (Lipinski definition) is 5. The lowest BCUT2D eigenvalue weighted by Gasteiger charge is -2.06. The van der Waals surface area contributed by atoms with Gasteiger partial charge in [-0.15, -0.1) is 5.10 Å². The summed E-state index contributed by atoms with van der Waals surface area (Å²) in [5.74, 6) is -0.356. The Morgan fingerprint density at radius 2 is 2.27 bits per heavy atom. The van der Waals surface area contributed by atoms with Crippen molar-refractivity contribution in [3.05, 3.63) is 60.2 Å². The lowest BCUT2D eigenvalue weighted by molar-refractivity contribution is 0.0509. The van der Waals surface area contributed by atoms with E-state index in [2.05, 4.69) is 15.4 Å². The van der Waals surface area contributed by atoms with Crippen molar-refractivity contribution in [1.82, 2.24) is 24.8 Å². The van der Waals surface area contributed by atoms with Crippen molar-refractivity contribution >= 4 is 5.97 Å². The van der Waals surface area contributed by atoms with E-state index in [4.69, 9.17) is 4.74 Å². The average Bonchev–Trinajstić information content (AvgIpc) is 3.19. The second-order valence-electron chi connectivity index (χ2n) is 4.81. The molecule has 0 spiro atoms. The van der Waals surface area contributed by atoms with Crippen LogP contribution in [0.1, 0.15) is 15.9 Å². The number of carbonyl (C=O) groups excluding carboxylic acids is 1. The van der Waals surface area contributed by atoms with Crippen molar-refractivity contribution < 1.29 is 9.53 Å². The van der Waals surface area contributed by atoms with E-state index in [1.807, 2.05) is 19.3 Å². The molecule has 22 heavy (non-hydrogen) atoms. The van der Waals surface area contributed by atoms with E-state index in [1.54, 1.807) is 46.2 Å². The summed E-state index contributed by atoms with van der Waals surface area (Å²) in [5.41, 5.74) is 2.28. The predicted molar refractivity (Wildman–Crippen MR) is 78.6 cm³/mol. The van der Waals surface area contributed by atoms with Crippen LogP contribution in [-0.2, 0) is 18.2 Å². The Balaban J connectivity index is 1.61. The van der Waals surface area contributed by atoms with E-state index in [0.717, 1.165) is 11.3 Å². The van der Waals surface area contributed by atoms with Crippen LogP contribution in [0.25, 0.3) is 5.69 Å². The fourth-order valence-corrected chi connectivity index (χ4v) is 2.07. The number of aromatic nitrogens is 5. The average molecular weight is 297 g/mol. The Kier molecular flexibility index (Phi) is 3.95. The van der Waals surface area contributed by atoms with Gasteiger partial charge in [-0.2, -0.15) is 5.10 Å². The lowest BCUT2D eigenvalue weighted by Crippen LogP contribution is -2.09. The van der Waals surface area contributed by atoms with Crippen LogP contribution in [0.2, 0.25) is 0 Å². The van der Waals surface area contributed by atoms with E-state index < -0.39 is 0 Å². The third kappa shape index (κ3) is 3.20. The third-order valence-electron chi connectivity index (χ3n) is 3.15. The van der Waals surface area contributed by atoms with Crippen molar-refractivity contribution in [3.8, 4) is 5.69 Å². The molecule has 0 N–H and O–H groups in total. The fourth-order valence-electron chi connectivity index (χ4n) is 2.07. The topological polar surface area (TPSA) is 74.8 Å². The first-order valence-corrected chi connectivity index (χ1v) is 6.84. The van der Waals surface area contributed by atoms with Gasteiger partial charge in [0.05, 0.1) is 36.4 Å². The zero-order valence-electron chi connectivity index (χ0n) is 12.1. The van der Waals surface area contributed by atoms with Crippen molar-refractivity contribution in [3.63, 3.8) is 0 Å². The van der Waals surface area contributed by atoms with Gasteiger partial charge in [-0.3, -0.25) is 4.68 Å². The number of hydrogen-bond donors (Lipinski definition) is 0. The molecule has 3 aromatic rings. The summed E-state index contributed by atoms with van der Waals surface area (Å²) in [6.45, 7) is 0.318. The second kappa shape index (κ2) is 6.21. The van der Waals surface area contributed by atoms with E-state index in [-0.39, 0.29) is 5.97 Å². The van der Waals surface area contributed by atoms with Crippen LogP contribution in [0.4, 0.5) is 0 Å². The van der Waals surface area contributed by atoms with Crippen molar-refractivity contribution in [2.24, 2.45) is 7.05 Å². The molecule has 0 aliphatic heterocycles. The molecule has 0 aliphatic rings.